The Balaban J connectivity index is 1.75. The number of nitrogens with one attached hydrogen (secondary N) is 2. The minimum absolute atomic E-state index is 0.0211. The van der Waals surface area contributed by atoms with Crippen molar-refractivity contribution in [3.05, 3.63) is 77.1 Å². The molecule has 25 heavy (non-hydrogen) atoms. The number of aromatic nitrogens is 3. The van der Waals surface area contributed by atoms with Gasteiger partial charge in [-0.15, -0.1) is 11.8 Å². The van der Waals surface area contributed by atoms with Crippen LogP contribution >= 0.6 is 23.4 Å². The maximum Gasteiger partial charge on any atom is 0.207 e. The van der Waals surface area contributed by atoms with Crippen LogP contribution < -0.4 is 10.8 Å². The molecule has 126 valence electrons. The average Bonchev–Trinajstić information content (AvgIpc) is 2.62. The van der Waals surface area contributed by atoms with Crippen molar-refractivity contribution >= 4 is 29.3 Å². The SMILES string of the molecule is N=c1cc(Cl)nc2n1C(Sc1ccccc1)CC(c1ccccn1)N2. The summed E-state index contributed by atoms with van der Waals surface area (Å²) in [5.41, 5.74) is 1.30. The lowest BCUT2D eigenvalue weighted by Crippen LogP contribution is -2.34. The number of halogens is 1. The molecular weight excluding hydrogens is 354 g/mol. The molecule has 2 N–H and O–H groups in total. The van der Waals surface area contributed by atoms with Crippen molar-refractivity contribution in [3.63, 3.8) is 0 Å². The van der Waals surface area contributed by atoms with Crippen LogP contribution in [0.15, 0.2) is 65.7 Å². The lowest BCUT2D eigenvalue weighted by molar-refractivity contribution is 0.495. The molecule has 2 aromatic heterocycles. The molecule has 2 unspecified atom stereocenters. The molecule has 7 heteroatoms. The summed E-state index contributed by atoms with van der Waals surface area (Å²) in [6, 6.07) is 17.7. The second-order valence-electron chi connectivity index (χ2n) is 5.73. The molecule has 1 aliphatic heterocycles. The number of benzene rings is 1. The summed E-state index contributed by atoms with van der Waals surface area (Å²) in [5, 5.41) is 12.1. The number of pyridine rings is 1. The number of fused-ring (bicyclic) bond motifs is 1. The van der Waals surface area contributed by atoms with Crippen molar-refractivity contribution in [2.24, 2.45) is 0 Å². The van der Waals surface area contributed by atoms with Crippen molar-refractivity contribution in [3.8, 4) is 0 Å². The first kappa shape index (κ1) is 16.2. The first-order valence-electron chi connectivity index (χ1n) is 7.93. The van der Waals surface area contributed by atoms with Gasteiger partial charge in [-0.25, -0.2) is 4.98 Å². The van der Waals surface area contributed by atoms with Gasteiger partial charge in [0.15, 0.2) is 0 Å². The molecule has 4 rings (SSSR count). The molecule has 3 aromatic rings. The lowest BCUT2D eigenvalue weighted by atomic mass is 10.1. The lowest BCUT2D eigenvalue weighted by Gasteiger charge is -2.33. The van der Waals surface area contributed by atoms with E-state index in [1.807, 2.05) is 41.0 Å². The molecule has 0 fully saturated rings. The van der Waals surface area contributed by atoms with Gasteiger partial charge in [0.2, 0.25) is 5.95 Å². The topological polar surface area (TPSA) is 66.6 Å². The Kier molecular flexibility index (Phi) is 4.46. The number of hydrogen-bond donors (Lipinski definition) is 2. The number of hydrogen-bond acceptors (Lipinski definition) is 5. The Morgan fingerprint density at radius 1 is 1.16 bits per heavy atom. The Bertz CT molecular complexity index is 929. The van der Waals surface area contributed by atoms with E-state index < -0.39 is 0 Å². The minimum Gasteiger partial charge on any atom is -0.347 e. The van der Waals surface area contributed by atoms with Crippen LogP contribution in [0.25, 0.3) is 0 Å². The van der Waals surface area contributed by atoms with Gasteiger partial charge < -0.3 is 5.32 Å². The molecule has 0 bridgehead atoms. The molecular formula is C18H16ClN5S. The van der Waals surface area contributed by atoms with E-state index >= 15 is 0 Å². The molecule has 0 saturated heterocycles. The van der Waals surface area contributed by atoms with Gasteiger partial charge in [-0.05, 0) is 24.3 Å². The van der Waals surface area contributed by atoms with Gasteiger partial charge in [-0.1, -0.05) is 35.9 Å². The first-order chi connectivity index (χ1) is 12.2. The molecule has 0 spiro atoms. The summed E-state index contributed by atoms with van der Waals surface area (Å²) in [6.45, 7) is 0. The third-order valence-corrected chi connectivity index (χ3v) is 5.46. The Morgan fingerprint density at radius 3 is 2.72 bits per heavy atom. The predicted molar refractivity (Wildman–Crippen MR) is 99.6 cm³/mol. The van der Waals surface area contributed by atoms with Crippen molar-refractivity contribution in [1.82, 2.24) is 14.5 Å². The zero-order valence-corrected chi connectivity index (χ0v) is 14.8. The largest absolute Gasteiger partial charge is 0.347 e. The minimum atomic E-state index is 0.0211. The van der Waals surface area contributed by atoms with Gasteiger partial charge in [0.25, 0.3) is 0 Å². The van der Waals surface area contributed by atoms with Crippen LogP contribution in [0, 0.1) is 5.41 Å². The normalized spacial score (nSPS) is 19.1. The summed E-state index contributed by atoms with van der Waals surface area (Å²) < 4.78 is 1.89. The molecule has 2 atom stereocenters. The fourth-order valence-electron chi connectivity index (χ4n) is 2.93. The Morgan fingerprint density at radius 2 is 1.96 bits per heavy atom. The summed E-state index contributed by atoms with van der Waals surface area (Å²) in [7, 11) is 0. The van der Waals surface area contributed by atoms with Crippen LogP contribution in [0.5, 0.6) is 0 Å². The van der Waals surface area contributed by atoms with Crippen LogP contribution in [-0.2, 0) is 0 Å². The summed E-state index contributed by atoms with van der Waals surface area (Å²) >= 11 is 7.79. The van der Waals surface area contributed by atoms with Crippen LogP contribution in [0.4, 0.5) is 5.95 Å². The first-order valence-corrected chi connectivity index (χ1v) is 9.19. The highest BCUT2D eigenvalue weighted by atomic mass is 35.5. The van der Waals surface area contributed by atoms with E-state index in [4.69, 9.17) is 17.0 Å². The monoisotopic (exact) mass is 369 g/mol. The van der Waals surface area contributed by atoms with Crippen molar-refractivity contribution < 1.29 is 0 Å². The fraction of sp³-hybridized carbons (Fsp3) is 0.167. The maximum absolute atomic E-state index is 8.33. The highest BCUT2D eigenvalue weighted by molar-refractivity contribution is 7.99. The van der Waals surface area contributed by atoms with Gasteiger partial charge in [-0.2, -0.15) is 0 Å². The van der Waals surface area contributed by atoms with E-state index in [2.05, 4.69) is 27.4 Å². The van der Waals surface area contributed by atoms with Crippen LogP contribution in [0.1, 0.15) is 23.5 Å². The zero-order valence-electron chi connectivity index (χ0n) is 13.3. The van der Waals surface area contributed by atoms with Gasteiger partial charge in [0.1, 0.15) is 10.6 Å². The summed E-state index contributed by atoms with van der Waals surface area (Å²) in [5.74, 6) is 0.604. The van der Waals surface area contributed by atoms with E-state index in [1.165, 1.54) is 0 Å². The zero-order chi connectivity index (χ0) is 17.2. The van der Waals surface area contributed by atoms with Crippen molar-refractivity contribution in [2.75, 3.05) is 5.32 Å². The molecule has 5 nitrogen and oxygen atoms in total. The van der Waals surface area contributed by atoms with E-state index in [-0.39, 0.29) is 11.4 Å². The van der Waals surface area contributed by atoms with E-state index in [9.17, 15) is 0 Å². The van der Waals surface area contributed by atoms with Gasteiger partial charge in [0, 0.05) is 23.6 Å². The van der Waals surface area contributed by atoms with Crippen molar-refractivity contribution in [1.29, 1.82) is 5.41 Å². The third-order valence-electron chi connectivity index (χ3n) is 4.05. The van der Waals surface area contributed by atoms with Crippen LogP contribution in [0.2, 0.25) is 5.15 Å². The number of rotatable bonds is 3. The van der Waals surface area contributed by atoms with Gasteiger partial charge >= 0.3 is 0 Å². The van der Waals surface area contributed by atoms with Gasteiger partial charge in [-0.3, -0.25) is 15.0 Å². The smallest absolute Gasteiger partial charge is 0.207 e. The maximum atomic E-state index is 8.33. The molecule has 1 aromatic carbocycles. The molecule has 0 amide bonds. The quantitative estimate of drug-likeness (QED) is 0.677. The van der Waals surface area contributed by atoms with Crippen molar-refractivity contribution in [2.45, 2.75) is 22.7 Å². The van der Waals surface area contributed by atoms with E-state index in [0.29, 0.717) is 16.6 Å². The Labute approximate surface area is 154 Å². The van der Waals surface area contributed by atoms with Gasteiger partial charge in [0.05, 0.1) is 17.1 Å². The van der Waals surface area contributed by atoms with Crippen LogP contribution in [-0.4, -0.2) is 14.5 Å². The Hall–Kier alpha value is -2.31. The number of anilines is 1. The summed E-state index contributed by atoms with van der Waals surface area (Å²) in [4.78, 5) is 10.0. The molecule has 0 aliphatic carbocycles. The highest BCUT2D eigenvalue weighted by Gasteiger charge is 2.29. The highest BCUT2D eigenvalue weighted by Crippen LogP contribution is 2.42. The average molecular weight is 370 g/mol. The second kappa shape index (κ2) is 6.90. The van der Waals surface area contributed by atoms with E-state index in [1.54, 1.807) is 24.0 Å². The number of thioether (sulfide) groups is 1. The molecule has 0 saturated carbocycles. The second-order valence-corrected chi connectivity index (χ2v) is 7.37. The van der Waals surface area contributed by atoms with Crippen LogP contribution in [0.3, 0.4) is 0 Å². The summed E-state index contributed by atoms with van der Waals surface area (Å²) in [6.07, 6.45) is 2.59. The number of nitrogens with zero attached hydrogens (tertiary/aromatic N) is 3. The third kappa shape index (κ3) is 3.41. The molecule has 3 heterocycles. The fourth-order valence-corrected chi connectivity index (χ4v) is 4.35. The standard InChI is InChI=1S/C18H16ClN5S/c19-15-11-16(20)24-17(25-12-6-2-1-3-7-12)10-14(22-18(24)23-15)13-8-4-5-9-21-13/h1-9,11,14,17,20H,10H2,(H,22,23). The molecule has 0 radical (unpaired) electrons. The predicted octanol–water partition coefficient (Wildman–Crippen LogP) is 4.26. The van der Waals surface area contributed by atoms with E-state index in [0.717, 1.165) is 17.0 Å². The molecule has 1 aliphatic rings.